The lowest BCUT2D eigenvalue weighted by atomic mass is 10.0. The van der Waals surface area contributed by atoms with Gasteiger partial charge in [0.05, 0.1) is 24.0 Å². The van der Waals surface area contributed by atoms with Gasteiger partial charge in [-0.2, -0.15) is 0 Å². The highest BCUT2D eigenvalue weighted by Crippen LogP contribution is 2.22. The molecule has 0 aliphatic carbocycles. The fourth-order valence-corrected chi connectivity index (χ4v) is 3.32. The predicted molar refractivity (Wildman–Crippen MR) is 89.8 cm³/mol. The van der Waals surface area contributed by atoms with E-state index in [-0.39, 0.29) is 0 Å². The fraction of sp³-hybridized carbons (Fsp3) is 0.316. The molecule has 22 heavy (non-hydrogen) atoms. The van der Waals surface area contributed by atoms with Crippen LogP contribution in [0.1, 0.15) is 22.3 Å². The van der Waals surface area contributed by atoms with Crippen molar-refractivity contribution in [2.24, 2.45) is 0 Å². The number of fused-ring (bicyclic) bond motifs is 2. The molecule has 0 unspecified atom stereocenters. The van der Waals surface area contributed by atoms with Crippen molar-refractivity contribution >= 4 is 11.0 Å². The first kappa shape index (κ1) is 13.5. The first-order chi connectivity index (χ1) is 10.7. The predicted octanol–water partition coefficient (Wildman–Crippen LogP) is 3.67. The molecule has 2 aromatic carbocycles. The first-order valence-corrected chi connectivity index (χ1v) is 7.92. The highest BCUT2D eigenvalue weighted by atomic mass is 15.3. The molecule has 3 heteroatoms. The number of nitrogens with zero attached hydrogens (tertiary/aromatic N) is 3. The Bertz CT molecular complexity index is 832. The topological polar surface area (TPSA) is 21.1 Å². The van der Waals surface area contributed by atoms with Crippen molar-refractivity contribution in [3.63, 3.8) is 0 Å². The lowest BCUT2D eigenvalue weighted by Gasteiger charge is -2.29. The van der Waals surface area contributed by atoms with Gasteiger partial charge in [0, 0.05) is 13.1 Å². The van der Waals surface area contributed by atoms with E-state index in [1.54, 1.807) is 0 Å². The molecule has 2 heterocycles. The van der Waals surface area contributed by atoms with Gasteiger partial charge in [-0.25, -0.2) is 4.98 Å². The summed E-state index contributed by atoms with van der Waals surface area (Å²) in [6.07, 6.45) is 3.12. The SMILES string of the molecule is Cc1cc2ncn(CN3CCc4ccccc4C3)c2cc1C. The van der Waals surface area contributed by atoms with Crippen LogP contribution in [0.15, 0.2) is 42.7 Å². The van der Waals surface area contributed by atoms with E-state index in [1.165, 1.54) is 27.8 Å². The third-order valence-electron chi connectivity index (χ3n) is 4.80. The van der Waals surface area contributed by atoms with E-state index < -0.39 is 0 Å². The van der Waals surface area contributed by atoms with E-state index in [9.17, 15) is 0 Å². The lowest BCUT2D eigenvalue weighted by Crippen LogP contribution is -2.32. The molecule has 0 amide bonds. The van der Waals surface area contributed by atoms with Gasteiger partial charge in [-0.3, -0.25) is 4.90 Å². The summed E-state index contributed by atoms with van der Waals surface area (Å²) in [6, 6.07) is 13.2. The van der Waals surface area contributed by atoms with E-state index >= 15 is 0 Å². The van der Waals surface area contributed by atoms with Crippen LogP contribution in [0, 0.1) is 13.8 Å². The Morgan fingerprint density at radius 3 is 2.68 bits per heavy atom. The number of imidazole rings is 1. The summed E-state index contributed by atoms with van der Waals surface area (Å²) in [7, 11) is 0. The van der Waals surface area contributed by atoms with E-state index in [2.05, 4.69) is 64.7 Å². The third-order valence-corrected chi connectivity index (χ3v) is 4.80. The second-order valence-electron chi connectivity index (χ2n) is 6.35. The van der Waals surface area contributed by atoms with Crippen LogP contribution in [0.4, 0.5) is 0 Å². The van der Waals surface area contributed by atoms with Crippen molar-refractivity contribution < 1.29 is 0 Å². The molecule has 0 atom stereocenters. The lowest BCUT2D eigenvalue weighted by molar-refractivity contribution is 0.203. The van der Waals surface area contributed by atoms with Crippen LogP contribution in [0.2, 0.25) is 0 Å². The Balaban J connectivity index is 1.61. The molecule has 1 aromatic heterocycles. The van der Waals surface area contributed by atoms with Crippen molar-refractivity contribution in [2.45, 2.75) is 33.5 Å². The number of aromatic nitrogens is 2. The van der Waals surface area contributed by atoms with Crippen molar-refractivity contribution in [3.8, 4) is 0 Å². The molecular weight excluding hydrogens is 270 g/mol. The van der Waals surface area contributed by atoms with Gasteiger partial charge in [0.25, 0.3) is 0 Å². The van der Waals surface area contributed by atoms with Crippen molar-refractivity contribution in [1.82, 2.24) is 14.5 Å². The van der Waals surface area contributed by atoms with Crippen LogP contribution in [-0.4, -0.2) is 21.0 Å². The summed E-state index contributed by atoms with van der Waals surface area (Å²) in [6.45, 7) is 7.37. The van der Waals surface area contributed by atoms with Gasteiger partial charge in [0.15, 0.2) is 0 Å². The second kappa shape index (κ2) is 5.25. The van der Waals surface area contributed by atoms with Gasteiger partial charge in [-0.15, -0.1) is 0 Å². The molecular formula is C19H21N3. The largest absolute Gasteiger partial charge is 0.317 e. The normalized spacial score (nSPS) is 15.2. The molecule has 0 fully saturated rings. The maximum atomic E-state index is 4.57. The minimum absolute atomic E-state index is 0.910. The Labute approximate surface area is 131 Å². The summed E-state index contributed by atoms with van der Waals surface area (Å²) >= 11 is 0. The molecule has 0 saturated heterocycles. The molecule has 0 radical (unpaired) electrons. The Kier molecular flexibility index (Phi) is 3.23. The van der Waals surface area contributed by atoms with E-state index in [0.717, 1.165) is 31.7 Å². The van der Waals surface area contributed by atoms with Crippen LogP contribution in [0.25, 0.3) is 11.0 Å². The molecule has 3 nitrogen and oxygen atoms in total. The van der Waals surface area contributed by atoms with Crippen molar-refractivity contribution in [1.29, 1.82) is 0 Å². The zero-order valence-electron chi connectivity index (χ0n) is 13.2. The Morgan fingerprint density at radius 2 is 1.82 bits per heavy atom. The van der Waals surface area contributed by atoms with Crippen molar-refractivity contribution in [3.05, 3.63) is 65.0 Å². The molecule has 112 valence electrons. The summed E-state index contributed by atoms with van der Waals surface area (Å²) in [5, 5.41) is 0. The minimum Gasteiger partial charge on any atom is -0.317 e. The molecule has 4 rings (SSSR count). The highest BCUT2D eigenvalue weighted by Gasteiger charge is 2.16. The Morgan fingerprint density at radius 1 is 1.05 bits per heavy atom. The minimum atomic E-state index is 0.910. The number of hydrogen-bond acceptors (Lipinski definition) is 2. The van der Waals surface area contributed by atoms with Gasteiger partial charge in [-0.1, -0.05) is 24.3 Å². The number of rotatable bonds is 2. The highest BCUT2D eigenvalue weighted by molar-refractivity contribution is 5.77. The number of benzene rings is 2. The van der Waals surface area contributed by atoms with Gasteiger partial charge < -0.3 is 4.57 Å². The van der Waals surface area contributed by atoms with E-state index in [0.29, 0.717) is 0 Å². The quantitative estimate of drug-likeness (QED) is 0.718. The maximum absolute atomic E-state index is 4.57. The maximum Gasteiger partial charge on any atom is 0.0969 e. The number of aryl methyl sites for hydroxylation is 2. The summed E-state index contributed by atoms with van der Waals surface area (Å²) in [5.41, 5.74) is 7.94. The van der Waals surface area contributed by atoms with E-state index in [4.69, 9.17) is 0 Å². The molecule has 3 aromatic rings. The Hall–Kier alpha value is -2.13. The molecule has 0 spiro atoms. The van der Waals surface area contributed by atoms with Gasteiger partial charge in [0.2, 0.25) is 0 Å². The van der Waals surface area contributed by atoms with Crippen LogP contribution in [0.5, 0.6) is 0 Å². The third kappa shape index (κ3) is 2.32. The molecule has 0 N–H and O–H groups in total. The smallest absolute Gasteiger partial charge is 0.0969 e. The summed E-state index contributed by atoms with van der Waals surface area (Å²) in [5.74, 6) is 0. The molecule has 1 aliphatic rings. The average Bonchev–Trinajstić information content (AvgIpc) is 2.90. The second-order valence-corrected chi connectivity index (χ2v) is 6.35. The van der Waals surface area contributed by atoms with Crippen LogP contribution < -0.4 is 0 Å². The van der Waals surface area contributed by atoms with E-state index in [1.807, 2.05) is 6.33 Å². The molecule has 0 bridgehead atoms. The zero-order valence-corrected chi connectivity index (χ0v) is 13.2. The number of hydrogen-bond donors (Lipinski definition) is 0. The van der Waals surface area contributed by atoms with Gasteiger partial charge >= 0.3 is 0 Å². The monoisotopic (exact) mass is 291 g/mol. The summed E-state index contributed by atoms with van der Waals surface area (Å²) in [4.78, 5) is 7.07. The van der Waals surface area contributed by atoms with Gasteiger partial charge in [-0.05, 0) is 54.7 Å². The van der Waals surface area contributed by atoms with Crippen LogP contribution >= 0.6 is 0 Å². The van der Waals surface area contributed by atoms with Crippen molar-refractivity contribution in [2.75, 3.05) is 6.54 Å². The first-order valence-electron chi connectivity index (χ1n) is 7.92. The molecule has 0 saturated carbocycles. The zero-order chi connectivity index (χ0) is 15.1. The molecule has 1 aliphatic heterocycles. The fourth-order valence-electron chi connectivity index (χ4n) is 3.32. The van der Waals surface area contributed by atoms with Gasteiger partial charge in [0.1, 0.15) is 0 Å². The van der Waals surface area contributed by atoms with Crippen LogP contribution in [-0.2, 0) is 19.6 Å². The standard InChI is InChI=1S/C19H21N3/c1-14-9-18-19(10-15(14)2)22(12-20-18)13-21-8-7-16-5-3-4-6-17(16)11-21/h3-6,9-10,12H,7-8,11,13H2,1-2H3. The average molecular weight is 291 g/mol. The summed E-state index contributed by atoms with van der Waals surface area (Å²) < 4.78 is 2.27. The van der Waals surface area contributed by atoms with Crippen LogP contribution in [0.3, 0.4) is 0 Å².